The molecule has 4 rings (SSSR count). The number of amides is 1. The van der Waals surface area contributed by atoms with Crippen LogP contribution in [0.25, 0.3) is 5.76 Å². The normalized spacial score (nSPS) is 16.0. The lowest BCUT2D eigenvalue weighted by Crippen LogP contribution is -2.29. The van der Waals surface area contributed by atoms with Crippen molar-refractivity contribution in [2.45, 2.75) is 47.1 Å². The molecule has 10 nitrogen and oxygen atoms in total. The van der Waals surface area contributed by atoms with Crippen LogP contribution < -0.4 is 19.1 Å². The number of hydrogen-bond donors (Lipinski definition) is 1. The Hall–Kier alpha value is -4.38. The number of aliphatic hydroxyl groups excluding tert-OH is 1. The lowest BCUT2D eigenvalue weighted by molar-refractivity contribution is -0.132. The largest absolute Gasteiger partial charge is 0.507 e. The van der Waals surface area contributed by atoms with Crippen LogP contribution in [0.5, 0.6) is 17.2 Å². The van der Waals surface area contributed by atoms with E-state index in [9.17, 15) is 19.5 Å². The highest BCUT2D eigenvalue weighted by molar-refractivity contribution is 7.17. The van der Waals surface area contributed by atoms with Crippen molar-refractivity contribution in [1.29, 1.82) is 0 Å². The average Bonchev–Trinajstić information content (AvgIpc) is 3.49. The number of aromatic nitrogens is 1. The number of Topliss-reactive ketones (excluding diaryl/α,β-unsaturated/α-hetero) is 1. The van der Waals surface area contributed by atoms with Crippen LogP contribution in [0.2, 0.25) is 0 Å². The summed E-state index contributed by atoms with van der Waals surface area (Å²) in [4.78, 5) is 45.6. The number of carbonyl (C=O) groups is 3. The van der Waals surface area contributed by atoms with E-state index in [-0.39, 0.29) is 27.9 Å². The third-order valence-corrected chi connectivity index (χ3v) is 7.52. The van der Waals surface area contributed by atoms with Gasteiger partial charge in [-0.3, -0.25) is 14.5 Å². The van der Waals surface area contributed by atoms with Crippen molar-refractivity contribution >= 4 is 39.9 Å². The number of carbonyl (C=O) groups excluding carboxylic acids is 3. The number of nitrogens with zero attached hydrogens (tertiary/aromatic N) is 2. The maximum absolute atomic E-state index is 13.6. The second-order valence-electron chi connectivity index (χ2n) is 9.25. The number of aliphatic hydroxyl groups is 1. The fourth-order valence-corrected chi connectivity index (χ4v) is 5.53. The Balaban J connectivity index is 1.89. The molecule has 1 fully saturated rings. The molecule has 0 bridgehead atoms. The quantitative estimate of drug-likeness (QED) is 0.119. The summed E-state index contributed by atoms with van der Waals surface area (Å²) in [6.07, 6.45) is 0.838. The Kier molecular flexibility index (Phi) is 9.84. The Morgan fingerprint density at radius 2 is 1.64 bits per heavy atom. The smallest absolute Gasteiger partial charge is 0.350 e. The van der Waals surface area contributed by atoms with Gasteiger partial charge in [-0.2, -0.15) is 0 Å². The molecule has 0 radical (unpaired) electrons. The third kappa shape index (κ3) is 6.11. The van der Waals surface area contributed by atoms with Crippen LogP contribution in [0.15, 0.2) is 48.0 Å². The zero-order valence-electron chi connectivity index (χ0n) is 24.3. The van der Waals surface area contributed by atoms with Gasteiger partial charge in [-0.1, -0.05) is 24.3 Å². The summed E-state index contributed by atoms with van der Waals surface area (Å²) in [6.45, 7) is 10.5. The van der Waals surface area contributed by atoms with Crippen LogP contribution in [0.1, 0.15) is 66.7 Å². The number of esters is 1. The lowest BCUT2D eigenvalue weighted by atomic mass is 9.95. The van der Waals surface area contributed by atoms with E-state index in [4.69, 9.17) is 18.9 Å². The minimum Gasteiger partial charge on any atom is -0.507 e. The highest BCUT2D eigenvalue weighted by Crippen LogP contribution is 2.45. The van der Waals surface area contributed by atoms with Gasteiger partial charge in [0.25, 0.3) is 5.78 Å². The van der Waals surface area contributed by atoms with E-state index in [1.165, 1.54) is 4.90 Å². The van der Waals surface area contributed by atoms with E-state index in [1.54, 1.807) is 56.3 Å². The minimum atomic E-state index is -1.07. The van der Waals surface area contributed by atoms with Gasteiger partial charge in [-0.25, -0.2) is 9.78 Å². The predicted octanol–water partition coefficient (Wildman–Crippen LogP) is 5.84. The summed E-state index contributed by atoms with van der Waals surface area (Å²) in [5, 5.41) is 11.6. The van der Waals surface area contributed by atoms with Crippen LogP contribution in [0, 0.1) is 6.92 Å². The Labute approximate surface area is 248 Å². The van der Waals surface area contributed by atoms with Crippen molar-refractivity contribution in [2.24, 2.45) is 0 Å². The monoisotopic (exact) mass is 594 g/mol. The second-order valence-corrected chi connectivity index (χ2v) is 10.2. The molecule has 0 aliphatic carbocycles. The van der Waals surface area contributed by atoms with Gasteiger partial charge in [0, 0.05) is 5.56 Å². The van der Waals surface area contributed by atoms with Crippen molar-refractivity contribution in [3.05, 3.63) is 69.7 Å². The number of aryl methyl sites for hydroxylation is 1. The summed E-state index contributed by atoms with van der Waals surface area (Å²) in [5.41, 5.74) is 1.05. The molecule has 2 aromatic carbocycles. The highest BCUT2D eigenvalue weighted by atomic mass is 32.1. The van der Waals surface area contributed by atoms with Crippen LogP contribution in [0.4, 0.5) is 5.13 Å². The standard InChI is InChI=1S/C31H34N2O8S/c1-6-16-41-21-13-10-19(11-14-21)26(34)24-25(20-12-15-22(38-7-2)23(17-20)39-8-3)33(29(36)27(24)35)31-32-18(5)28(42-31)30(37)40-9-4/h10-15,17,25,34H,6-9,16H2,1-5H3/b26-24+. The number of ether oxygens (including phenoxy) is 4. The van der Waals surface area contributed by atoms with Crippen molar-refractivity contribution < 1.29 is 38.4 Å². The van der Waals surface area contributed by atoms with Crippen LogP contribution in [0.3, 0.4) is 0 Å². The van der Waals surface area contributed by atoms with Crippen LogP contribution >= 0.6 is 11.3 Å². The molecule has 1 amide bonds. The minimum absolute atomic E-state index is 0.122. The summed E-state index contributed by atoms with van der Waals surface area (Å²) in [5.74, 6) is -1.17. The zero-order valence-corrected chi connectivity index (χ0v) is 25.1. The highest BCUT2D eigenvalue weighted by Gasteiger charge is 2.48. The van der Waals surface area contributed by atoms with Gasteiger partial charge in [0.05, 0.1) is 43.7 Å². The van der Waals surface area contributed by atoms with Gasteiger partial charge in [0.2, 0.25) is 0 Å². The molecular weight excluding hydrogens is 560 g/mol. The Morgan fingerprint density at radius 3 is 2.29 bits per heavy atom. The SMILES string of the molecule is CCCOc1ccc(/C(O)=C2\C(=O)C(=O)N(c3nc(C)c(C(=O)OCC)s3)C2c2ccc(OCC)c(OCC)c2)cc1. The summed E-state index contributed by atoms with van der Waals surface area (Å²) in [6, 6.07) is 10.6. The van der Waals surface area contributed by atoms with Gasteiger partial charge < -0.3 is 24.1 Å². The molecule has 11 heteroatoms. The molecule has 1 aromatic heterocycles. The van der Waals surface area contributed by atoms with E-state index in [0.29, 0.717) is 53.9 Å². The molecule has 2 heterocycles. The number of thiazole rings is 1. The molecule has 222 valence electrons. The molecule has 1 atom stereocenters. The maximum Gasteiger partial charge on any atom is 0.350 e. The molecule has 3 aromatic rings. The molecular formula is C31H34N2O8S. The molecule has 0 spiro atoms. The van der Waals surface area contributed by atoms with Gasteiger partial charge in [0.1, 0.15) is 16.4 Å². The zero-order chi connectivity index (χ0) is 30.4. The number of benzene rings is 2. The van der Waals surface area contributed by atoms with Gasteiger partial charge >= 0.3 is 11.9 Å². The molecule has 1 saturated heterocycles. The summed E-state index contributed by atoms with van der Waals surface area (Å²) < 4.78 is 22.3. The molecule has 1 aliphatic heterocycles. The van der Waals surface area contributed by atoms with Crippen molar-refractivity contribution in [1.82, 2.24) is 4.98 Å². The number of rotatable bonds is 12. The van der Waals surface area contributed by atoms with Crippen LogP contribution in [-0.4, -0.2) is 54.2 Å². The second kappa shape index (κ2) is 13.5. The fourth-order valence-electron chi connectivity index (χ4n) is 4.54. The van der Waals surface area contributed by atoms with Crippen molar-refractivity contribution in [2.75, 3.05) is 31.3 Å². The molecule has 1 unspecified atom stereocenters. The summed E-state index contributed by atoms with van der Waals surface area (Å²) >= 11 is 0.944. The van der Waals surface area contributed by atoms with Gasteiger partial charge in [0.15, 0.2) is 16.6 Å². The molecule has 0 saturated carbocycles. The fraction of sp³-hybridized carbons (Fsp3) is 0.355. The Morgan fingerprint density at radius 1 is 0.952 bits per heavy atom. The van der Waals surface area contributed by atoms with Crippen molar-refractivity contribution in [3.63, 3.8) is 0 Å². The number of anilines is 1. The molecule has 1 aliphatic rings. The van der Waals surface area contributed by atoms with Crippen LogP contribution in [-0.2, 0) is 14.3 Å². The van der Waals surface area contributed by atoms with Crippen molar-refractivity contribution in [3.8, 4) is 17.2 Å². The third-order valence-electron chi connectivity index (χ3n) is 6.38. The van der Waals surface area contributed by atoms with E-state index in [0.717, 1.165) is 17.8 Å². The topological polar surface area (TPSA) is 124 Å². The van der Waals surface area contributed by atoms with Gasteiger partial charge in [-0.05, 0) is 76.1 Å². The first-order valence-electron chi connectivity index (χ1n) is 13.8. The lowest BCUT2D eigenvalue weighted by Gasteiger charge is -2.24. The molecule has 1 N–H and O–H groups in total. The number of hydrogen-bond acceptors (Lipinski definition) is 10. The van der Waals surface area contributed by atoms with E-state index < -0.39 is 23.7 Å². The van der Waals surface area contributed by atoms with E-state index >= 15 is 0 Å². The van der Waals surface area contributed by atoms with Gasteiger partial charge in [-0.15, -0.1) is 0 Å². The first kappa shape index (κ1) is 30.6. The Bertz CT molecular complexity index is 1500. The molecule has 42 heavy (non-hydrogen) atoms. The first-order valence-corrected chi connectivity index (χ1v) is 14.6. The van der Waals surface area contributed by atoms with E-state index in [1.807, 2.05) is 20.8 Å². The predicted molar refractivity (Wildman–Crippen MR) is 159 cm³/mol. The first-order chi connectivity index (χ1) is 20.2. The maximum atomic E-state index is 13.6. The number of ketones is 1. The summed E-state index contributed by atoms with van der Waals surface area (Å²) in [7, 11) is 0. The average molecular weight is 595 g/mol. The van der Waals surface area contributed by atoms with E-state index in [2.05, 4.69) is 4.98 Å².